The van der Waals surface area contributed by atoms with Crippen molar-refractivity contribution in [2.45, 2.75) is 76.0 Å². The topological polar surface area (TPSA) is 207 Å². The Morgan fingerprint density at radius 2 is 1.66 bits per heavy atom. The molecule has 3 atom stereocenters. The molecule has 14 nitrogen and oxygen atoms in total. The van der Waals surface area contributed by atoms with Crippen molar-refractivity contribution in [3.8, 4) is 22.5 Å². The molecule has 280 valence electrons. The normalized spacial score (nSPS) is 23.0. The Morgan fingerprint density at radius 3 is 2.28 bits per heavy atom. The van der Waals surface area contributed by atoms with Gasteiger partial charge in [-0.05, 0) is 122 Å². The Bertz CT molecular complexity index is 1850. The van der Waals surface area contributed by atoms with Crippen LogP contribution in [0.15, 0.2) is 60.8 Å². The summed E-state index contributed by atoms with van der Waals surface area (Å²) >= 11 is 0. The van der Waals surface area contributed by atoms with E-state index in [2.05, 4.69) is 36.2 Å². The Hall–Kier alpha value is -4.60. The molecule has 7 rings (SSSR count). The minimum absolute atomic E-state index is 0. The predicted molar refractivity (Wildman–Crippen MR) is 202 cm³/mol. The number of halogens is 1. The van der Waals surface area contributed by atoms with Gasteiger partial charge in [-0.2, -0.15) is 0 Å². The van der Waals surface area contributed by atoms with Gasteiger partial charge in [0.05, 0.1) is 24.9 Å². The van der Waals surface area contributed by atoms with Gasteiger partial charge in [-0.1, -0.05) is 24.3 Å². The summed E-state index contributed by atoms with van der Waals surface area (Å²) in [5.74, 6) is -0.287. The van der Waals surface area contributed by atoms with Gasteiger partial charge in [-0.15, -0.1) is 17.5 Å². The zero-order valence-corrected chi connectivity index (χ0v) is 30.6. The quantitative estimate of drug-likeness (QED) is 0.160. The maximum absolute atomic E-state index is 14.0. The summed E-state index contributed by atoms with van der Waals surface area (Å²) < 4.78 is 5.62. The van der Waals surface area contributed by atoms with Gasteiger partial charge in [0.15, 0.2) is 5.82 Å². The molecule has 0 radical (unpaired) electrons. The monoisotopic (exact) mass is 742 g/mol. The second-order valence-corrected chi connectivity index (χ2v) is 14.4. The van der Waals surface area contributed by atoms with Crippen molar-refractivity contribution in [2.75, 3.05) is 24.7 Å². The smallest absolute Gasteiger partial charge is 0.270 e. The number of piperidine rings is 1. The van der Waals surface area contributed by atoms with Crippen LogP contribution >= 0.6 is 12.4 Å². The van der Waals surface area contributed by atoms with E-state index in [-0.39, 0.29) is 54.7 Å². The second-order valence-electron chi connectivity index (χ2n) is 14.4. The van der Waals surface area contributed by atoms with Gasteiger partial charge in [0.1, 0.15) is 5.69 Å². The van der Waals surface area contributed by atoms with Crippen LogP contribution in [0.4, 0.5) is 5.69 Å². The van der Waals surface area contributed by atoms with Crippen LogP contribution in [0.5, 0.6) is 0 Å². The van der Waals surface area contributed by atoms with Gasteiger partial charge < -0.3 is 26.8 Å². The number of ether oxygens (including phenoxy) is 1. The molecule has 2 unspecified atom stereocenters. The lowest BCUT2D eigenvalue weighted by atomic mass is 9.81. The van der Waals surface area contributed by atoms with Crippen molar-refractivity contribution in [3.05, 3.63) is 77.6 Å². The van der Waals surface area contributed by atoms with Crippen LogP contribution in [0.25, 0.3) is 22.5 Å². The SMILES string of the molecule is Cc1cc(C(=O)NC2CC3COCC(C2)N3)ncc1-c1ccc(C[C@H](N)C(=O)N(c2ccc(-c3nnn[nH]3)cc2)C(=O)[C@H]2CC[C@H](CN)CC2)cc1.Cl. The minimum atomic E-state index is -0.957. The Kier molecular flexibility index (Phi) is 12.3. The van der Waals surface area contributed by atoms with E-state index >= 15 is 0 Å². The average Bonchev–Trinajstić information content (AvgIpc) is 3.71. The average molecular weight is 743 g/mol. The number of tetrazole rings is 1. The third kappa shape index (κ3) is 8.79. The number of hydrogen-bond donors (Lipinski definition) is 5. The number of benzene rings is 2. The number of H-pyrrole nitrogens is 1. The molecule has 2 aromatic heterocycles. The number of anilines is 1. The van der Waals surface area contributed by atoms with Gasteiger partial charge in [-0.3, -0.25) is 19.4 Å². The van der Waals surface area contributed by atoms with E-state index in [9.17, 15) is 14.4 Å². The number of hydrogen-bond acceptors (Lipinski definition) is 11. The fourth-order valence-corrected chi connectivity index (χ4v) is 7.77. The van der Waals surface area contributed by atoms with Crippen molar-refractivity contribution >= 4 is 35.8 Å². The van der Waals surface area contributed by atoms with E-state index < -0.39 is 11.9 Å². The van der Waals surface area contributed by atoms with Gasteiger partial charge in [0, 0.05) is 41.4 Å². The summed E-state index contributed by atoms with van der Waals surface area (Å²) in [4.78, 5) is 46.9. The number of rotatable bonds is 10. The summed E-state index contributed by atoms with van der Waals surface area (Å²) in [6.45, 7) is 3.90. The van der Waals surface area contributed by atoms with E-state index in [1.807, 2.05) is 37.3 Å². The molecule has 3 amide bonds. The van der Waals surface area contributed by atoms with Crippen molar-refractivity contribution in [3.63, 3.8) is 0 Å². The van der Waals surface area contributed by atoms with Crippen molar-refractivity contribution in [2.24, 2.45) is 23.3 Å². The lowest BCUT2D eigenvalue weighted by Gasteiger charge is -2.40. The van der Waals surface area contributed by atoms with E-state index in [1.165, 1.54) is 4.90 Å². The molecule has 3 fully saturated rings. The number of fused-ring (bicyclic) bond motifs is 2. The van der Waals surface area contributed by atoms with Crippen LogP contribution in [-0.2, 0) is 20.7 Å². The molecule has 4 aromatic rings. The summed E-state index contributed by atoms with van der Waals surface area (Å²) in [5.41, 5.74) is 17.6. The minimum Gasteiger partial charge on any atom is -0.378 e. The molecule has 0 spiro atoms. The third-order valence-electron chi connectivity index (χ3n) is 10.7. The first-order valence-electron chi connectivity index (χ1n) is 18.1. The molecule has 2 aromatic carbocycles. The van der Waals surface area contributed by atoms with E-state index in [4.69, 9.17) is 16.2 Å². The number of pyridine rings is 1. The van der Waals surface area contributed by atoms with Crippen LogP contribution in [0.3, 0.4) is 0 Å². The number of carbonyl (C=O) groups is 3. The Balaban J connectivity index is 0.00000481. The lowest BCUT2D eigenvalue weighted by molar-refractivity contribution is -0.130. The van der Waals surface area contributed by atoms with Crippen LogP contribution in [0.1, 0.15) is 60.1 Å². The Morgan fingerprint density at radius 1 is 0.981 bits per heavy atom. The van der Waals surface area contributed by atoms with Crippen molar-refractivity contribution < 1.29 is 19.1 Å². The van der Waals surface area contributed by atoms with Crippen LogP contribution in [0.2, 0.25) is 0 Å². The summed E-state index contributed by atoms with van der Waals surface area (Å²) in [7, 11) is 0. The van der Waals surface area contributed by atoms with Gasteiger partial charge >= 0.3 is 0 Å². The molecule has 2 bridgehead atoms. The molecular formula is C38H47ClN10O4. The van der Waals surface area contributed by atoms with Crippen molar-refractivity contribution in [1.29, 1.82) is 0 Å². The first-order chi connectivity index (χ1) is 25.2. The molecule has 4 heterocycles. The van der Waals surface area contributed by atoms with Crippen LogP contribution < -0.4 is 27.0 Å². The largest absolute Gasteiger partial charge is 0.378 e. The highest BCUT2D eigenvalue weighted by Gasteiger charge is 2.36. The molecule has 1 aliphatic carbocycles. The highest BCUT2D eigenvalue weighted by atomic mass is 35.5. The van der Waals surface area contributed by atoms with E-state index in [1.54, 1.807) is 30.5 Å². The molecule has 2 aliphatic heterocycles. The number of nitrogens with two attached hydrogens (primary N) is 2. The first-order valence-corrected chi connectivity index (χ1v) is 18.1. The molecule has 3 aliphatic rings. The first kappa shape index (κ1) is 38.1. The number of aromatic nitrogens is 5. The highest BCUT2D eigenvalue weighted by Crippen LogP contribution is 2.32. The maximum Gasteiger partial charge on any atom is 0.270 e. The summed E-state index contributed by atoms with van der Waals surface area (Å²) in [5, 5.41) is 20.6. The molecule has 53 heavy (non-hydrogen) atoms. The lowest BCUT2D eigenvalue weighted by Crippen LogP contribution is -2.58. The maximum atomic E-state index is 14.0. The fourth-order valence-electron chi connectivity index (χ4n) is 7.77. The van der Waals surface area contributed by atoms with Gasteiger partial charge in [-0.25, -0.2) is 10.00 Å². The van der Waals surface area contributed by atoms with Gasteiger partial charge in [0.2, 0.25) is 5.91 Å². The van der Waals surface area contributed by atoms with E-state index in [0.717, 1.165) is 53.5 Å². The highest BCUT2D eigenvalue weighted by molar-refractivity contribution is 6.17. The number of aryl methyl sites for hydroxylation is 1. The van der Waals surface area contributed by atoms with Gasteiger partial charge in [0.25, 0.3) is 11.8 Å². The van der Waals surface area contributed by atoms with Crippen LogP contribution in [0, 0.1) is 18.8 Å². The number of carbonyl (C=O) groups excluding carboxylic acids is 3. The number of imide groups is 1. The van der Waals surface area contributed by atoms with E-state index in [0.29, 0.717) is 55.7 Å². The summed E-state index contributed by atoms with van der Waals surface area (Å²) in [6, 6.07) is 16.2. The molecule has 1 saturated carbocycles. The predicted octanol–water partition coefficient (Wildman–Crippen LogP) is 3.10. The molecule has 7 N–H and O–H groups in total. The van der Waals surface area contributed by atoms with Crippen LogP contribution in [-0.4, -0.2) is 87.3 Å². The zero-order chi connectivity index (χ0) is 36.2. The number of morpholine rings is 1. The summed E-state index contributed by atoms with van der Waals surface area (Å²) in [6.07, 6.45) is 6.70. The zero-order valence-electron chi connectivity index (χ0n) is 29.7. The standard InChI is InChI=1S/C38H46N10O4.ClH/c1-22-14-34(36(49)43-28-16-29-20-52-21-30(17-28)42-29)41-19-32(22)25-6-2-23(3-7-25)15-33(40)38(51)48(37(50)27-8-4-24(18-39)5-9-27)31-12-10-26(11-13-31)35-44-46-47-45-35;/h2-3,6-7,10-14,19,24,27-30,33,42H,4-5,8-9,15-18,20-21,39-40H2,1H3,(H,43,49)(H,44,45,46,47);1H/t24-,27-,28?,29?,30?,33-;/m0./s1. The Labute approximate surface area is 314 Å². The third-order valence-corrected chi connectivity index (χ3v) is 10.7. The molecular weight excluding hydrogens is 696 g/mol. The second kappa shape index (κ2) is 17.0. The number of nitrogens with one attached hydrogen (secondary N) is 3. The number of aromatic amines is 1. The molecule has 15 heteroatoms. The van der Waals surface area contributed by atoms with Crippen molar-refractivity contribution in [1.82, 2.24) is 36.2 Å². The number of amides is 3. The number of nitrogens with zero attached hydrogens (tertiary/aromatic N) is 5. The molecule has 2 saturated heterocycles. The fraction of sp³-hybridized carbons (Fsp3) is 0.447.